The number of amides is 5. The van der Waals surface area contributed by atoms with Crippen LogP contribution in [0.15, 0.2) is 71.5 Å². The number of rotatable bonds is 15. The number of hydrogen-bond acceptors (Lipinski definition) is 10. The van der Waals surface area contributed by atoms with Crippen molar-refractivity contribution in [3.05, 3.63) is 111 Å². The Labute approximate surface area is 433 Å². The third-order valence-corrected chi connectivity index (χ3v) is 16.8. The van der Waals surface area contributed by atoms with Crippen molar-refractivity contribution in [3.63, 3.8) is 0 Å². The van der Waals surface area contributed by atoms with Gasteiger partial charge in [0.2, 0.25) is 17.7 Å². The lowest BCUT2D eigenvalue weighted by Crippen LogP contribution is -2.57. The van der Waals surface area contributed by atoms with Crippen molar-refractivity contribution >= 4 is 40.3 Å². The molecule has 2 atom stereocenters. The zero-order chi connectivity index (χ0) is 51.1. The predicted molar refractivity (Wildman–Crippen MR) is 280 cm³/mol. The number of aromatic amines is 1. The first-order valence-corrected chi connectivity index (χ1v) is 27.5. The standard InChI is InChI=1S/C57H73FN10O6/c58-49-18-15-40(33-50-46-13-4-5-14-47(46)55(72)62-61-50)32-48(49)56(73)66-30-28-65(29-31-66)52(70)38-63-22-19-39(20-23-63)36-64-24-26-67(27-25-64)57(74)53(41-8-2-1-3-9-41)60-54(71)43-11-6-10-42(34-43)44-12-7-21-68(37-44)51(69)35-59-45-16-17-45/h4-6,10-11,13-15,18,32,34,39,41,44-45,53,59H,1-3,7-9,12,16-17,19-31,33,35-38H2,(H,60,71)(H,62,72)/t44-,53-/m1/s1. The van der Waals surface area contributed by atoms with Gasteiger partial charge in [0.1, 0.15) is 11.9 Å². The molecule has 1 aromatic heterocycles. The largest absolute Gasteiger partial charge is 0.341 e. The highest BCUT2D eigenvalue weighted by Gasteiger charge is 2.37. The van der Waals surface area contributed by atoms with Crippen molar-refractivity contribution in [1.82, 2.24) is 50.2 Å². The summed E-state index contributed by atoms with van der Waals surface area (Å²) < 4.78 is 15.1. The van der Waals surface area contributed by atoms with E-state index in [1.54, 1.807) is 29.2 Å². The smallest absolute Gasteiger partial charge is 0.272 e. The van der Waals surface area contributed by atoms with E-state index in [1.807, 2.05) is 45.0 Å². The van der Waals surface area contributed by atoms with E-state index in [4.69, 9.17) is 0 Å². The number of carbonyl (C=O) groups is 5. The van der Waals surface area contributed by atoms with Gasteiger partial charge >= 0.3 is 0 Å². The average Bonchev–Trinajstić information content (AvgIpc) is 4.28. The summed E-state index contributed by atoms with van der Waals surface area (Å²) in [5, 5.41) is 14.6. The Morgan fingerprint density at radius 2 is 1.41 bits per heavy atom. The second-order valence-electron chi connectivity index (χ2n) is 21.9. The van der Waals surface area contributed by atoms with Crippen molar-refractivity contribution < 1.29 is 28.4 Å². The Balaban J connectivity index is 0.654. The van der Waals surface area contributed by atoms with Crippen LogP contribution in [0, 0.1) is 17.7 Å². The predicted octanol–water partition coefficient (Wildman–Crippen LogP) is 4.63. The fourth-order valence-corrected chi connectivity index (χ4v) is 12.1. The van der Waals surface area contributed by atoms with Gasteiger partial charge in [-0.2, -0.15) is 5.10 Å². The lowest BCUT2D eigenvalue weighted by Gasteiger charge is -2.41. The Kier molecular flexibility index (Phi) is 16.5. The topological polar surface area (TPSA) is 175 Å². The number of hydrogen-bond donors (Lipinski definition) is 3. The molecular weight excluding hydrogens is 940 g/mol. The van der Waals surface area contributed by atoms with E-state index in [9.17, 15) is 28.8 Å². The molecule has 0 unspecified atom stereocenters. The maximum Gasteiger partial charge on any atom is 0.272 e. The minimum absolute atomic E-state index is 0.0214. The van der Waals surface area contributed by atoms with Crippen LogP contribution in [-0.4, -0.2) is 179 Å². The summed E-state index contributed by atoms with van der Waals surface area (Å²) in [6.07, 6.45) is 11.6. The molecular formula is C57H73FN10O6. The maximum atomic E-state index is 15.1. The van der Waals surface area contributed by atoms with Crippen LogP contribution in [-0.2, 0) is 20.8 Å². The van der Waals surface area contributed by atoms with Crippen LogP contribution < -0.4 is 16.2 Å². The second kappa shape index (κ2) is 23.7. The number of carbonyl (C=O) groups excluding carboxylic acids is 5. The number of H-pyrrole nitrogens is 1. The SMILES string of the molecule is O=C(N[C@@H](C(=O)N1CCN(CC2CCN(CC(=O)N3CCN(C(=O)c4cc(Cc5n[nH]c(=O)c6ccccc56)ccc4F)CC3)CC2)CC1)C1CCCCC1)c1cccc([C@@H]2CCCN(C(=O)CNC3CC3)C2)c1. The van der Waals surface area contributed by atoms with Crippen LogP contribution in [0.1, 0.15) is 114 Å². The summed E-state index contributed by atoms with van der Waals surface area (Å²) in [4.78, 5) is 92.9. The van der Waals surface area contributed by atoms with Crippen LogP contribution >= 0.6 is 0 Å². The van der Waals surface area contributed by atoms with Gasteiger partial charge in [-0.1, -0.05) is 55.7 Å². The monoisotopic (exact) mass is 1010 g/mol. The van der Waals surface area contributed by atoms with Gasteiger partial charge in [-0.15, -0.1) is 0 Å². The molecule has 3 aromatic carbocycles. The summed E-state index contributed by atoms with van der Waals surface area (Å²) in [5.74, 6) is -0.239. The van der Waals surface area contributed by atoms with E-state index < -0.39 is 17.8 Å². The van der Waals surface area contributed by atoms with Gasteiger partial charge in [-0.05, 0) is 118 Å². The second-order valence-corrected chi connectivity index (χ2v) is 21.9. The highest BCUT2D eigenvalue weighted by Crippen LogP contribution is 2.31. The van der Waals surface area contributed by atoms with E-state index in [2.05, 4.69) is 36.7 Å². The molecule has 6 aliphatic rings. The number of piperazine rings is 2. The van der Waals surface area contributed by atoms with E-state index in [0.717, 1.165) is 115 Å². The van der Waals surface area contributed by atoms with Crippen molar-refractivity contribution in [2.75, 3.05) is 98.2 Å². The first kappa shape index (κ1) is 51.4. The molecule has 5 heterocycles. The highest BCUT2D eigenvalue weighted by molar-refractivity contribution is 5.98. The summed E-state index contributed by atoms with van der Waals surface area (Å²) in [6.45, 7) is 8.97. The average molecular weight is 1010 g/mol. The molecule has 0 spiro atoms. The van der Waals surface area contributed by atoms with Gasteiger partial charge < -0.3 is 30.2 Å². The highest BCUT2D eigenvalue weighted by atomic mass is 19.1. The third-order valence-electron chi connectivity index (χ3n) is 16.8. The van der Waals surface area contributed by atoms with Crippen molar-refractivity contribution in [1.29, 1.82) is 0 Å². The molecule has 5 amide bonds. The first-order chi connectivity index (χ1) is 36.0. The zero-order valence-corrected chi connectivity index (χ0v) is 42.8. The van der Waals surface area contributed by atoms with E-state index in [-0.39, 0.29) is 46.6 Å². The maximum absolute atomic E-state index is 15.1. The minimum atomic E-state index is -0.605. The Hall–Kier alpha value is -6.04. The normalized spacial score (nSPS) is 21.2. The summed E-state index contributed by atoms with van der Waals surface area (Å²) in [7, 11) is 0. The first-order valence-electron chi connectivity index (χ1n) is 27.5. The molecule has 74 heavy (non-hydrogen) atoms. The van der Waals surface area contributed by atoms with Crippen molar-refractivity contribution in [2.24, 2.45) is 11.8 Å². The van der Waals surface area contributed by atoms with Gasteiger partial charge in [0, 0.05) is 101 Å². The molecule has 2 aliphatic carbocycles. The van der Waals surface area contributed by atoms with Gasteiger partial charge in [0.15, 0.2) is 0 Å². The Morgan fingerprint density at radius 3 is 2.16 bits per heavy atom. The molecule has 4 aliphatic heterocycles. The summed E-state index contributed by atoms with van der Waals surface area (Å²) in [6, 6.07) is 19.4. The van der Waals surface area contributed by atoms with Crippen molar-refractivity contribution in [2.45, 2.75) is 95.1 Å². The molecule has 6 fully saturated rings. The van der Waals surface area contributed by atoms with Gasteiger partial charge in [-0.3, -0.25) is 38.6 Å². The molecule has 2 saturated carbocycles. The lowest BCUT2D eigenvalue weighted by atomic mass is 9.83. The fourth-order valence-electron chi connectivity index (χ4n) is 12.1. The third kappa shape index (κ3) is 12.5. The van der Waals surface area contributed by atoms with Crippen LogP contribution in [0.25, 0.3) is 10.8 Å². The van der Waals surface area contributed by atoms with E-state index in [1.165, 1.54) is 6.07 Å². The number of aromatic nitrogens is 2. The number of nitrogens with zero attached hydrogens (tertiary/aromatic N) is 7. The molecule has 4 aromatic rings. The Morgan fingerprint density at radius 1 is 0.676 bits per heavy atom. The van der Waals surface area contributed by atoms with Crippen LogP contribution in [0.2, 0.25) is 0 Å². The number of piperidine rings is 2. The minimum Gasteiger partial charge on any atom is -0.341 e. The Bertz CT molecular complexity index is 2720. The van der Waals surface area contributed by atoms with E-state index >= 15 is 4.39 Å². The van der Waals surface area contributed by atoms with Gasteiger partial charge in [0.25, 0.3) is 17.4 Å². The molecule has 4 saturated heterocycles. The van der Waals surface area contributed by atoms with Gasteiger partial charge in [0.05, 0.1) is 29.7 Å². The van der Waals surface area contributed by atoms with Crippen LogP contribution in [0.5, 0.6) is 0 Å². The summed E-state index contributed by atoms with van der Waals surface area (Å²) in [5.41, 5.74) is 2.65. The fraction of sp³-hybridized carbons (Fsp3) is 0.561. The summed E-state index contributed by atoms with van der Waals surface area (Å²) >= 11 is 0. The quantitative estimate of drug-likeness (QED) is 0.153. The molecule has 16 nitrogen and oxygen atoms in total. The molecule has 0 radical (unpaired) electrons. The number of likely N-dealkylation sites (tertiary alicyclic amines) is 2. The molecule has 3 N–H and O–H groups in total. The zero-order valence-electron chi connectivity index (χ0n) is 42.8. The van der Waals surface area contributed by atoms with E-state index in [0.29, 0.717) is 105 Å². The number of nitrogens with one attached hydrogen (secondary N) is 3. The van der Waals surface area contributed by atoms with Crippen molar-refractivity contribution in [3.8, 4) is 0 Å². The molecule has 10 rings (SSSR count). The number of fused-ring (bicyclic) bond motifs is 1. The molecule has 0 bridgehead atoms. The number of halogens is 1. The van der Waals surface area contributed by atoms with Gasteiger partial charge in [-0.25, -0.2) is 9.49 Å². The van der Waals surface area contributed by atoms with Crippen LogP contribution in [0.3, 0.4) is 0 Å². The van der Waals surface area contributed by atoms with Crippen LogP contribution in [0.4, 0.5) is 4.39 Å². The molecule has 394 valence electrons. The lowest BCUT2D eigenvalue weighted by molar-refractivity contribution is -0.137. The number of benzene rings is 3. The molecule has 17 heteroatoms.